The van der Waals surface area contributed by atoms with E-state index in [0.29, 0.717) is 0 Å². The molecule has 0 aliphatic rings. The topological polar surface area (TPSA) is 43.4 Å². The SMILES string of the molecule is COC(CNc1ncccc1C(F)(F)F)OC. The lowest BCUT2D eigenvalue weighted by atomic mass is 10.2. The second-order valence-corrected chi connectivity index (χ2v) is 3.18. The van der Waals surface area contributed by atoms with Gasteiger partial charge < -0.3 is 14.8 Å². The van der Waals surface area contributed by atoms with Crippen LogP contribution in [-0.2, 0) is 15.7 Å². The molecule has 0 aromatic carbocycles. The Morgan fingerprint density at radius 2 is 2.00 bits per heavy atom. The molecule has 0 aliphatic carbocycles. The van der Waals surface area contributed by atoms with E-state index in [1.54, 1.807) is 0 Å². The zero-order valence-corrected chi connectivity index (χ0v) is 9.41. The Morgan fingerprint density at radius 3 is 2.53 bits per heavy atom. The molecule has 0 fully saturated rings. The van der Waals surface area contributed by atoms with Crippen molar-refractivity contribution in [1.82, 2.24) is 4.98 Å². The van der Waals surface area contributed by atoms with Crippen LogP contribution in [0.3, 0.4) is 0 Å². The minimum Gasteiger partial charge on any atom is -0.364 e. The minimum atomic E-state index is -4.44. The first-order chi connectivity index (χ1) is 7.99. The monoisotopic (exact) mass is 250 g/mol. The number of halogens is 3. The third-order valence-corrected chi connectivity index (χ3v) is 2.08. The van der Waals surface area contributed by atoms with Gasteiger partial charge in [-0.1, -0.05) is 0 Å². The number of nitrogens with one attached hydrogen (secondary N) is 1. The largest absolute Gasteiger partial charge is 0.419 e. The zero-order valence-electron chi connectivity index (χ0n) is 9.41. The smallest absolute Gasteiger partial charge is 0.364 e. The quantitative estimate of drug-likeness (QED) is 0.813. The van der Waals surface area contributed by atoms with Crippen LogP contribution in [0.2, 0.25) is 0 Å². The number of hydrogen-bond acceptors (Lipinski definition) is 4. The van der Waals surface area contributed by atoms with Gasteiger partial charge in [0.15, 0.2) is 6.29 Å². The maximum Gasteiger partial charge on any atom is 0.419 e. The van der Waals surface area contributed by atoms with Crippen molar-refractivity contribution in [3.63, 3.8) is 0 Å². The van der Waals surface area contributed by atoms with Crippen LogP contribution in [0.15, 0.2) is 18.3 Å². The standard InChI is InChI=1S/C10H13F3N2O2/c1-16-8(17-2)6-15-9-7(10(11,12)13)4-3-5-14-9/h3-5,8H,6H2,1-2H3,(H,14,15). The normalized spacial score (nSPS) is 11.9. The van der Waals surface area contributed by atoms with Crippen molar-refractivity contribution in [2.24, 2.45) is 0 Å². The van der Waals surface area contributed by atoms with E-state index in [1.807, 2.05) is 0 Å². The number of anilines is 1. The van der Waals surface area contributed by atoms with Crippen LogP contribution in [0.5, 0.6) is 0 Å². The van der Waals surface area contributed by atoms with E-state index < -0.39 is 18.0 Å². The number of alkyl halides is 3. The molecule has 0 spiro atoms. The highest BCUT2D eigenvalue weighted by Gasteiger charge is 2.34. The van der Waals surface area contributed by atoms with E-state index in [0.717, 1.165) is 6.07 Å². The van der Waals surface area contributed by atoms with Crippen LogP contribution in [-0.4, -0.2) is 32.0 Å². The van der Waals surface area contributed by atoms with E-state index in [-0.39, 0.29) is 12.4 Å². The van der Waals surface area contributed by atoms with E-state index in [9.17, 15) is 13.2 Å². The van der Waals surface area contributed by atoms with Gasteiger partial charge >= 0.3 is 6.18 Å². The maximum atomic E-state index is 12.6. The van der Waals surface area contributed by atoms with Gasteiger partial charge in [-0.3, -0.25) is 0 Å². The third-order valence-electron chi connectivity index (χ3n) is 2.08. The van der Waals surface area contributed by atoms with Crippen molar-refractivity contribution in [2.75, 3.05) is 26.1 Å². The summed E-state index contributed by atoms with van der Waals surface area (Å²) in [4.78, 5) is 3.64. The third kappa shape index (κ3) is 3.86. The molecule has 1 rings (SSSR count). The van der Waals surface area contributed by atoms with Gasteiger partial charge in [0.05, 0.1) is 12.1 Å². The number of ether oxygens (including phenoxy) is 2. The highest BCUT2D eigenvalue weighted by atomic mass is 19.4. The Bertz CT molecular complexity index is 354. The Morgan fingerprint density at radius 1 is 1.35 bits per heavy atom. The highest BCUT2D eigenvalue weighted by molar-refractivity contribution is 5.45. The van der Waals surface area contributed by atoms with Gasteiger partial charge in [-0.15, -0.1) is 0 Å². The fourth-order valence-electron chi connectivity index (χ4n) is 1.22. The zero-order chi connectivity index (χ0) is 12.9. The number of hydrogen-bond donors (Lipinski definition) is 1. The molecule has 7 heteroatoms. The second kappa shape index (κ2) is 5.83. The first-order valence-corrected chi connectivity index (χ1v) is 4.80. The lowest BCUT2D eigenvalue weighted by Gasteiger charge is -2.17. The summed E-state index contributed by atoms with van der Waals surface area (Å²) in [5, 5.41) is 2.54. The van der Waals surface area contributed by atoms with Crippen molar-refractivity contribution in [3.8, 4) is 0 Å². The van der Waals surface area contributed by atoms with E-state index in [1.165, 1.54) is 26.5 Å². The number of aromatic nitrogens is 1. The average molecular weight is 250 g/mol. The Hall–Kier alpha value is -1.34. The van der Waals surface area contributed by atoms with Crippen LogP contribution in [0.4, 0.5) is 19.0 Å². The number of pyridine rings is 1. The molecule has 96 valence electrons. The molecule has 17 heavy (non-hydrogen) atoms. The summed E-state index contributed by atoms with van der Waals surface area (Å²) in [5.74, 6) is -0.237. The molecule has 0 saturated heterocycles. The molecule has 1 N–H and O–H groups in total. The number of nitrogens with zero attached hydrogens (tertiary/aromatic N) is 1. The summed E-state index contributed by atoms with van der Waals surface area (Å²) in [6.45, 7) is 0.0765. The summed E-state index contributed by atoms with van der Waals surface area (Å²) in [6, 6.07) is 2.20. The predicted octanol–water partition coefficient (Wildman–Crippen LogP) is 2.13. The molecule has 1 heterocycles. The van der Waals surface area contributed by atoms with Gasteiger partial charge in [0.1, 0.15) is 5.82 Å². The fraction of sp³-hybridized carbons (Fsp3) is 0.500. The maximum absolute atomic E-state index is 12.6. The first kappa shape index (κ1) is 13.7. The Kier molecular flexibility index (Phi) is 4.71. The summed E-state index contributed by atoms with van der Waals surface area (Å²) in [6.07, 6.45) is -3.78. The minimum absolute atomic E-state index is 0.0765. The second-order valence-electron chi connectivity index (χ2n) is 3.18. The fourth-order valence-corrected chi connectivity index (χ4v) is 1.22. The molecule has 0 unspecified atom stereocenters. The van der Waals surface area contributed by atoms with Crippen LogP contribution < -0.4 is 5.32 Å². The van der Waals surface area contributed by atoms with E-state index in [2.05, 4.69) is 10.3 Å². The molecule has 0 atom stereocenters. The first-order valence-electron chi connectivity index (χ1n) is 4.80. The van der Waals surface area contributed by atoms with Crippen molar-refractivity contribution in [1.29, 1.82) is 0 Å². The molecule has 0 amide bonds. The molecule has 1 aromatic rings. The number of methoxy groups -OCH3 is 2. The molecular formula is C10H13F3N2O2. The van der Waals surface area contributed by atoms with Crippen molar-refractivity contribution in [2.45, 2.75) is 12.5 Å². The van der Waals surface area contributed by atoms with Gasteiger partial charge in [0.25, 0.3) is 0 Å². The number of rotatable bonds is 5. The van der Waals surface area contributed by atoms with E-state index in [4.69, 9.17) is 9.47 Å². The molecule has 0 aliphatic heterocycles. The molecular weight excluding hydrogens is 237 g/mol. The summed E-state index contributed by atoms with van der Waals surface area (Å²) < 4.78 is 47.5. The molecule has 4 nitrogen and oxygen atoms in total. The van der Waals surface area contributed by atoms with Gasteiger partial charge in [-0.25, -0.2) is 4.98 Å². The van der Waals surface area contributed by atoms with Gasteiger partial charge in [-0.05, 0) is 12.1 Å². The summed E-state index contributed by atoms with van der Waals surface area (Å²) >= 11 is 0. The highest BCUT2D eigenvalue weighted by Crippen LogP contribution is 2.33. The average Bonchev–Trinajstić information content (AvgIpc) is 2.29. The molecule has 0 saturated carbocycles. The Balaban J connectivity index is 2.77. The van der Waals surface area contributed by atoms with Crippen LogP contribution in [0, 0.1) is 0 Å². The molecule has 0 radical (unpaired) electrons. The van der Waals surface area contributed by atoms with Crippen LogP contribution >= 0.6 is 0 Å². The Labute approximate surface area is 96.7 Å². The summed E-state index contributed by atoms with van der Waals surface area (Å²) in [5.41, 5.74) is -0.814. The molecule has 0 bridgehead atoms. The van der Waals surface area contributed by atoms with Crippen molar-refractivity contribution < 1.29 is 22.6 Å². The lowest BCUT2D eigenvalue weighted by Crippen LogP contribution is -2.25. The van der Waals surface area contributed by atoms with Gasteiger partial charge in [0.2, 0.25) is 0 Å². The molecule has 1 aromatic heterocycles. The van der Waals surface area contributed by atoms with Crippen molar-refractivity contribution in [3.05, 3.63) is 23.9 Å². The van der Waals surface area contributed by atoms with E-state index >= 15 is 0 Å². The van der Waals surface area contributed by atoms with Gasteiger partial charge in [0, 0.05) is 20.4 Å². The van der Waals surface area contributed by atoms with Gasteiger partial charge in [-0.2, -0.15) is 13.2 Å². The summed E-state index contributed by atoms with van der Waals surface area (Å²) in [7, 11) is 2.80. The predicted molar refractivity (Wildman–Crippen MR) is 55.5 cm³/mol. The van der Waals surface area contributed by atoms with Crippen molar-refractivity contribution >= 4 is 5.82 Å². The van der Waals surface area contributed by atoms with Crippen LogP contribution in [0.25, 0.3) is 0 Å². The van der Waals surface area contributed by atoms with Crippen LogP contribution in [0.1, 0.15) is 5.56 Å². The lowest BCUT2D eigenvalue weighted by molar-refractivity contribution is -0.137.